The molecule has 0 bridgehead atoms. The maximum Gasteiger partial charge on any atom is 0.148 e. The highest BCUT2D eigenvalue weighted by molar-refractivity contribution is 5.59. The van der Waals surface area contributed by atoms with Crippen molar-refractivity contribution in [2.75, 3.05) is 0 Å². The molecule has 0 aliphatic carbocycles. The first kappa shape index (κ1) is 10.1. The first-order valence-corrected chi connectivity index (χ1v) is 4.75. The van der Waals surface area contributed by atoms with Crippen LogP contribution < -0.4 is 0 Å². The standard InChI is InChI=1S/C11H9N5/c1-8-11(15-16-12)14-10(7-13-8)9-5-3-2-4-6-9/h2-7H,1H3. The summed E-state index contributed by atoms with van der Waals surface area (Å²) in [4.78, 5) is 11.1. The lowest BCUT2D eigenvalue weighted by Crippen LogP contribution is -1.89. The molecule has 2 aromatic rings. The van der Waals surface area contributed by atoms with Gasteiger partial charge in [-0.05, 0) is 17.6 Å². The van der Waals surface area contributed by atoms with Crippen molar-refractivity contribution < 1.29 is 0 Å². The van der Waals surface area contributed by atoms with E-state index in [0.717, 1.165) is 5.56 Å². The number of aryl methyl sites for hydroxylation is 1. The van der Waals surface area contributed by atoms with E-state index in [1.165, 1.54) is 0 Å². The van der Waals surface area contributed by atoms with E-state index in [1.807, 2.05) is 30.3 Å². The zero-order chi connectivity index (χ0) is 11.4. The van der Waals surface area contributed by atoms with E-state index in [-0.39, 0.29) is 0 Å². The number of aromatic nitrogens is 2. The molecule has 0 radical (unpaired) electrons. The van der Waals surface area contributed by atoms with Crippen LogP contribution >= 0.6 is 0 Å². The smallest absolute Gasteiger partial charge is 0.148 e. The monoisotopic (exact) mass is 211 g/mol. The van der Waals surface area contributed by atoms with Crippen molar-refractivity contribution >= 4 is 5.82 Å². The van der Waals surface area contributed by atoms with Crippen LogP contribution in [-0.2, 0) is 0 Å². The highest BCUT2D eigenvalue weighted by Gasteiger charge is 2.03. The summed E-state index contributed by atoms with van der Waals surface area (Å²) in [5, 5.41) is 3.50. The lowest BCUT2D eigenvalue weighted by atomic mass is 10.2. The molecule has 1 aromatic carbocycles. The Morgan fingerprint density at radius 1 is 1.25 bits per heavy atom. The van der Waals surface area contributed by atoms with Crippen LogP contribution in [0.4, 0.5) is 5.82 Å². The molecule has 0 aliphatic heterocycles. The van der Waals surface area contributed by atoms with Gasteiger partial charge in [-0.15, -0.1) is 0 Å². The lowest BCUT2D eigenvalue weighted by molar-refractivity contribution is 1.10. The molecule has 0 saturated heterocycles. The average molecular weight is 211 g/mol. The van der Waals surface area contributed by atoms with Gasteiger partial charge < -0.3 is 0 Å². The molecule has 0 atom stereocenters. The third-order valence-corrected chi connectivity index (χ3v) is 2.14. The summed E-state index contributed by atoms with van der Waals surface area (Å²) in [6.45, 7) is 1.76. The summed E-state index contributed by atoms with van der Waals surface area (Å²) >= 11 is 0. The van der Waals surface area contributed by atoms with Gasteiger partial charge in [0.2, 0.25) is 0 Å². The largest absolute Gasteiger partial charge is 0.257 e. The molecule has 2 rings (SSSR count). The van der Waals surface area contributed by atoms with E-state index >= 15 is 0 Å². The molecule has 0 N–H and O–H groups in total. The third kappa shape index (κ3) is 1.99. The van der Waals surface area contributed by atoms with Crippen LogP contribution in [-0.4, -0.2) is 9.97 Å². The third-order valence-electron chi connectivity index (χ3n) is 2.14. The summed E-state index contributed by atoms with van der Waals surface area (Å²) < 4.78 is 0. The summed E-state index contributed by atoms with van der Waals surface area (Å²) in [7, 11) is 0. The van der Waals surface area contributed by atoms with Gasteiger partial charge in [0, 0.05) is 10.5 Å². The Bertz CT molecular complexity index is 544. The van der Waals surface area contributed by atoms with Gasteiger partial charge in [-0.1, -0.05) is 30.3 Å². The molecule has 16 heavy (non-hydrogen) atoms. The van der Waals surface area contributed by atoms with Crippen molar-refractivity contribution in [1.29, 1.82) is 0 Å². The molecule has 1 aromatic heterocycles. The first-order chi connectivity index (χ1) is 7.81. The fourth-order valence-corrected chi connectivity index (χ4v) is 1.32. The maximum absolute atomic E-state index is 8.40. The van der Waals surface area contributed by atoms with Crippen molar-refractivity contribution in [3.05, 3.63) is 52.7 Å². The van der Waals surface area contributed by atoms with Gasteiger partial charge in [-0.2, -0.15) is 0 Å². The summed E-state index contributed by atoms with van der Waals surface area (Å²) in [5.41, 5.74) is 10.7. The second kappa shape index (κ2) is 4.42. The van der Waals surface area contributed by atoms with Crippen LogP contribution in [0.3, 0.4) is 0 Å². The van der Waals surface area contributed by atoms with Crippen molar-refractivity contribution in [3.8, 4) is 11.3 Å². The Labute approximate surface area is 92.4 Å². The van der Waals surface area contributed by atoms with Crippen molar-refractivity contribution in [1.82, 2.24) is 9.97 Å². The van der Waals surface area contributed by atoms with Crippen LogP contribution in [0, 0.1) is 6.92 Å². The van der Waals surface area contributed by atoms with E-state index in [0.29, 0.717) is 17.2 Å². The molecule has 5 heteroatoms. The second-order valence-corrected chi connectivity index (χ2v) is 3.22. The highest BCUT2D eigenvalue weighted by atomic mass is 15.2. The topological polar surface area (TPSA) is 74.5 Å². The number of benzene rings is 1. The number of nitrogens with zero attached hydrogens (tertiary/aromatic N) is 5. The molecule has 0 aliphatic rings. The Hall–Kier alpha value is -2.39. The Morgan fingerprint density at radius 2 is 2.00 bits per heavy atom. The first-order valence-electron chi connectivity index (χ1n) is 4.75. The SMILES string of the molecule is Cc1ncc(-c2ccccc2)nc1N=[N+]=[N-]. The molecule has 0 amide bonds. The molecular weight excluding hydrogens is 202 g/mol. The Kier molecular flexibility index (Phi) is 2.80. The zero-order valence-corrected chi connectivity index (χ0v) is 8.70. The van der Waals surface area contributed by atoms with E-state index in [1.54, 1.807) is 13.1 Å². The number of hydrogen-bond donors (Lipinski definition) is 0. The summed E-state index contributed by atoms with van der Waals surface area (Å²) in [5.74, 6) is 0.323. The van der Waals surface area contributed by atoms with Gasteiger partial charge in [-0.25, -0.2) is 4.98 Å². The zero-order valence-electron chi connectivity index (χ0n) is 8.70. The summed E-state index contributed by atoms with van der Waals surface area (Å²) in [6.07, 6.45) is 1.67. The second-order valence-electron chi connectivity index (χ2n) is 3.22. The van der Waals surface area contributed by atoms with Gasteiger partial charge in [0.25, 0.3) is 0 Å². The van der Waals surface area contributed by atoms with Gasteiger partial charge in [0.05, 0.1) is 17.6 Å². The van der Waals surface area contributed by atoms with Crippen molar-refractivity contribution in [3.63, 3.8) is 0 Å². The van der Waals surface area contributed by atoms with Crippen LogP contribution in [0.25, 0.3) is 21.7 Å². The van der Waals surface area contributed by atoms with E-state index in [9.17, 15) is 0 Å². The predicted molar refractivity (Wildman–Crippen MR) is 61.0 cm³/mol. The van der Waals surface area contributed by atoms with Gasteiger partial charge >= 0.3 is 0 Å². The minimum absolute atomic E-state index is 0.323. The molecule has 0 spiro atoms. The van der Waals surface area contributed by atoms with Gasteiger partial charge in [0.1, 0.15) is 5.82 Å². The minimum Gasteiger partial charge on any atom is -0.257 e. The van der Waals surface area contributed by atoms with Gasteiger partial charge in [-0.3, -0.25) is 4.98 Å². The van der Waals surface area contributed by atoms with Crippen molar-refractivity contribution in [2.45, 2.75) is 6.92 Å². The molecule has 5 nitrogen and oxygen atoms in total. The lowest BCUT2D eigenvalue weighted by Gasteiger charge is -2.02. The minimum atomic E-state index is 0.323. The van der Waals surface area contributed by atoms with Crippen LogP contribution in [0.1, 0.15) is 5.69 Å². The average Bonchev–Trinajstić information content (AvgIpc) is 2.33. The van der Waals surface area contributed by atoms with Crippen LogP contribution in [0.15, 0.2) is 41.6 Å². The quantitative estimate of drug-likeness (QED) is 0.433. The Morgan fingerprint density at radius 3 is 2.69 bits per heavy atom. The predicted octanol–water partition coefficient (Wildman–Crippen LogP) is 3.39. The Balaban J connectivity index is 2.52. The fraction of sp³-hybridized carbons (Fsp3) is 0.0909. The van der Waals surface area contributed by atoms with E-state index < -0.39 is 0 Å². The van der Waals surface area contributed by atoms with Crippen LogP contribution in [0.2, 0.25) is 0 Å². The molecule has 0 fully saturated rings. The fourth-order valence-electron chi connectivity index (χ4n) is 1.32. The van der Waals surface area contributed by atoms with E-state index in [4.69, 9.17) is 5.53 Å². The number of azide groups is 1. The number of hydrogen-bond acceptors (Lipinski definition) is 3. The molecule has 0 unspecified atom stereocenters. The molecule has 0 saturated carbocycles. The van der Waals surface area contributed by atoms with Gasteiger partial charge in [0.15, 0.2) is 0 Å². The number of rotatable bonds is 2. The maximum atomic E-state index is 8.40. The highest BCUT2D eigenvalue weighted by Crippen LogP contribution is 2.20. The van der Waals surface area contributed by atoms with E-state index in [2.05, 4.69) is 20.0 Å². The molecular formula is C11H9N5. The summed E-state index contributed by atoms with van der Waals surface area (Å²) in [6, 6.07) is 9.63. The van der Waals surface area contributed by atoms with Crippen LogP contribution in [0.5, 0.6) is 0 Å². The van der Waals surface area contributed by atoms with Crippen molar-refractivity contribution in [2.24, 2.45) is 5.11 Å². The molecule has 78 valence electrons. The molecule has 1 heterocycles. The normalized spacial score (nSPS) is 9.56.